The first-order valence-electron chi connectivity index (χ1n) is 8.06. The zero-order chi connectivity index (χ0) is 15.8. The molecular weight excluding hydrogens is 294 g/mol. The van der Waals surface area contributed by atoms with Crippen molar-refractivity contribution in [1.29, 1.82) is 0 Å². The number of rotatable bonds is 5. The number of esters is 1. The molecule has 1 amide bonds. The van der Waals surface area contributed by atoms with Gasteiger partial charge in [0.05, 0.1) is 12.1 Å². The highest BCUT2D eigenvalue weighted by Crippen LogP contribution is 2.32. The van der Waals surface area contributed by atoms with Crippen molar-refractivity contribution in [3.63, 3.8) is 0 Å². The summed E-state index contributed by atoms with van der Waals surface area (Å²) in [5.74, 6) is 0.0192. The van der Waals surface area contributed by atoms with Gasteiger partial charge in [-0.25, -0.2) is 0 Å². The zero-order valence-corrected chi connectivity index (χ0v) is 12.9. The van der Waals surface area contributed by atoms with Crippen molar-refractivity contribution in [2.45, 2.75) is 31.8 Å². The Morgan fingerprint density at radius 3 is 2.91 bits per heavy atom. The van der Waals surface area contributed by atoms with Gasteiger partial charge in [0.1, 0.15) is 6.54 Å². The van der Waals surface area contributed by atoms with E-state index in [2.05, 4.69) is 5.10 Å². The number of fused-ring (bicyclic) bond motifs is 1. The molecule has 0 unspecified atom stereocenters. The van der Waals surface area contributed by atoms with Gasteiger partial charge in [-0.3, -0.25) is 14.3 Å². The van der Waals surface area contributed by atoms with Crippen molar-refractivity contribution >= 4 is 22.8 Å². The number of carbonyl (C=O) groups is 2. The summed E-state index contributed by atoms with van der Waals surface area (Å²) in [5, 5.41) is 5.34. The Kier molecular flexibility index (Phi) is 3.52. The van der Waals surface area contributed by atoms with Crippen molar-refractivity contribution in [2.75, 3.05) is 13.2 Å². The molecule has 1 aromatic heterocycles. The van der Waals surface area contributed by atoms with E-state index in [0.717, 1.165) is 30.3 Å². The van der Waals surface area contributed by atoms with Gasteiger partial charge in [-0.1, -0.05) is 18.2 Å². The van der Waals surface area contributed by atoms with Crippen LogP contribution in [0, 0.1) is 5.92 Å². The molecule has 2 fully saturated rings. The number of aromatic nitrogens is 2. The summed E-state index contributed by atoms with van der Waals surface area (Å²) >= 11 is 0. The lowest BCUT2D eigenvalue weighted by molar-refractivity contribution is -0.146. The summed E-state index contributed by atoms with van der Waals surface area (Å²) in [5.41, 5.74) is 0.863. The molecule has 2 heterocycles. The Hall–Kier alpha value is -2.37. The molecule has 0 bridgehead atoms. The van der Waals surface area contributed by atoms with Crippen molar-refractivity contribution in [2.24, 2.45) is 5.92 Å². The number of likely N-dealkylation sites (tertiary alicyclic amines) is 1. The second-order valence-electron chi connectivity index (χ2n) is 6.42. The summed E-state index contributed by atoms with van der Waals surface area (Å²) in [6.07, 6.45) is 4.57. The zero-order valence-electron chi connectivity index (χ0n) is 12.9. The standard InChI is InChI=1S/C17H19N3O3/c21-16-7-12(8-20(16)14-5-6-14)11-23-17(22)10-19-9-13-3-1-2-4-15(13)18-19/h1-4,9,12,14H,5-8,10-11H2/t12-/m0/s1. The highest BCUT2D eigenvalue weighted by molar-refractivity contribution is 5.80. The van der Waals surface area contributed by atoms with E-state index in [1.807, 2.05) is 35.4 Å². The van der Waals surface area contributed by atoms with Crippen LogP contribution in [0.1, 0.15) is 19.3 Å². The molecule has 4 rings (SSSR count). The predicted molar refractivity (Wildman–Crippen MR) is 83.5 cm³/mol. The second-order valence-corrected chi connectivity index (χ2v) is 6.42. The van der Waals surface area contributed by atoms with Crippen LogP contribution in [0.4, 0.5) is 0 Å². The van der Waals surface area contributed by atoms with Gasteiger partial charge >= 0.3 is 5.97 Å². The summed E-state index contributed by atoms with van der Waals surface area (Å²) < 4.78 is 6.94. The van der Waals surface area contributed by atoms with Crippen LogP contribution in [0.25, 0.3) is 10.9 Å². The number of amides is 1. The summed E-state index contributed by atoms with van der Waals surface area (Å²) in [7, 11) is 0. The summed E-state index contributed by atoms with van der Waals surface area (Å²) in [6.45, 7) is 1.14. The minimum atomic E-state index is -0.310. The van der Waals surface area contributed by atoms with Crippen molar-refractivity contribution in [3.05, 3.63) is 30.5 Å². The van der Waals surface area contributed by atoms with Gasteiger partial charge in [0.15, 0.2) is 0 Å². The first-order chi connectivity index (χ1) is 11.2. The predicted octanol–water partition coefficient (Wildman–Crippen LogP) is 1.59. The Morgan fingerprint density at radius 1 is 1.30 bits per heavy atom. The number of ether oxygens (including phenoxy) is 1. The molecule has 1 atom stereocenters. The van der Waals surface area contributed by atoms with E-state index in [9.17, 15) is 9.59 Å². The smallest absolute Gasteiger partial charge is 0.327 e. The molecule has 1 aliphatic carbocycles. The number of hydrogen-bond donors (Lipinski definition) is 0. The quantitative estimate of drug-likeness (QED) is 0.786. The van der Waals surface area contributed by atoms with Crippen LogP contribution < -0.4 is 0 Å². The van der Waals surface area contributed by atoms with Crippen molar-refractivity contribution in [1.82, 2.24) is 14.7 Å². The van der Waals surface area contributed by atoms with Gasteiger partial charge in [0.25, 0.3) is 0 Å². The van der Waals surface area contributed by atoms with E-state index in [4.69, 9.17) is 4.74 Å². The average Bonchev–Trinajstić information content (AvgIpc) is 3.18. The third-order valence-corrected chi connectivity index (χ3v) is 4.46. The third-order valence-electron chi connectivity index (χ3n) is 4.46. The van der Waals surface area contributed by atoms with Gasteiger partial charge in [-0.2, -0.15) is 5.10 Å². The van der Waals surface area contributed by atoms with Crippen molar-refractivity contribution in [3.8, 4) is 0 Å². The van der Waals surface area contributed by atoms with Crippen LogP contribution in [0.2, 0.25) is 0 Å². The Balaban J connectivity index is 1.29. The molecule has 1 aliphatic heterocycles. The Bertz CT molecular complexity index is 717. The lowest BCUT2D eigenvalue weighted by Crippen LogP contribution is -2.28. The highest BCUT2D eigenvalue weighted by Gasteiger charge is 2.39. The Labute approximate surface area is 134 Å². The molecule has 23 heavy (non-hydrogen) atoms. The third kappa shape index (κ3) is 3.06. The fourth-order valence-corrected chi connectivity index (χ4v) is 3.14. The van der Waals surface area contributed by atoms with Crippen LogP contribution in [0.3, 0.4) is 0 Å². The van der Waals surface area contributed by atoms with Gasteiger partial charge in [0.2, 0.25) is 5.91 Å². The highest BCUT2D eigenvalue weighted by atomic mass is 16.5. The molecular formula is C17H19N3O3. The molecule has 1 saturated heterocycles. The summed E-state index contributed by atoms with van der Waals surface area (Å²) in [4.78, 5) is 25.8. The topological polar surface area (TPSA) is 64.4 Å². The maximum atomic E-state index is 12.0. The second kappa shape index (κ2) is 5.68. The number of carbonyl (C=O) groups excluding carboxylic acids is 2. The Morgan fingerprint density at radius 2 is 2.13 bits per heavy atom. The first kappa shape index (κ1) is 14.2. The molecule has 0 N–H and O–H groups in total. The van der Waals surface area contributed by atoms with E-state index in [1.165, 1.54) is 0 Å². The van der Waals surface area contributed by atoms with Gasteiger partial charge in [-0.15, -0.1) is 0 Å². The molecule has 0 radical (unpaired) electrons. The van der Waals surface area contributed by atoms with E-state index in [1.54, 1.807) is 4.68 Å². The van der Waals surface area contributed by atoms with Crippen LogP contribution in [0.5, 0.6) is 0 Å². The molecule has 120 valence electrons. The number of nitrogens with zero attached hydrogens (tertiary/aromatic N) is 3. The van der Waals surface area contributed by atoms with E-state index in [0.29, 0.717) is 19.1 Å². The van der Waals surface area contributed by atoms with Crippen LogP contribution in [-0.2, 0) is 20.9 Å². The van der Waals surface area contributed by atoms with Gasteiger partial charge < -0.3 is 9.64 Å². The average molecular weight is 313 g/mol. The van der Waals surface area contributed by atoms with E-state index >= 15 is 0 Å². The monoisotopic (exact) mass is 313 g/mol. The normalized spacial score (nSPS) is 21.1. The SMILES string of the molecule is O=C(Cn1cc2ccccc2n1)OC[C@H]1CC(=O)N(C2CC2)C1. The minimum Gasteiger partial charge on any atom is -0.464 e. The molecule has 1 saturated carbocycles. The largest absolute Gasteiger partial charge is 0.464 e. The fourth-order valence-electron chi connectivity index (χ4n) is 3.14. The van der Waals surface area contributed by atoms with Crippen LogP contribution >= 0.6 is 0 Å². The van der Waals surface area contributed by atoms with Gasteiger partial charge in [-0.05, 0) is 18.9 Å². The first-order valence-corrected chi connectivity index (χ1v) is 8.06. The molecule has 6 heteroatoms. The van der Waals surface area contributed by atoms with E-state index in [-0.39, 0.29) is 24.3 Å². The number of benzene rings is 1. The minimum absolute atomic E-state index is 0.0989. The van der Waals surface area contributed by atoms with Crippen LogP contribution in [-0.4, -0.2) is 45.8 Å². The molecule has 2 aromatic rings. The molecule has 0 spiro atoms. The lowest BCUT2D eigenvalue weighted by atomic mass is 10.1. The maximum absolute atomic E-state index is 12.0. The number of hydrogen-bond acceptors (Lipinski definition) is 4. The van der Waals surface area contributed by atoms with Gasteiger partial charge in [0, 0.05) is 36.5 Å². The maximum Gasteiger partial charge on any atom is 0.327 e. The fraction of sp³-hybridized carbons (Fsp3) is 0.471. The summed E-state index contributed by atoms with van der Waals surface area (Å²) in [6, 6.07) is 8.17. The van der Waals surface area contributed by atoms with Crippen LogP contribution in [0.15, 0.2) is 30.5 Å². The van der Waals surface area contributed by atoms with Crippen molar-refractivity contribution < 1.29 is 14.3 Å². The molecule has 1 aromatic carbocycles. The molecule has 2 aliphatic rings. The lowest BCUT2D eigenvalue weighted by Gasteiger charge is -2.15. The van der Waals surface area contributed by atoms with E-state index < -0.39 is 0 Å². The molecule has 6 nitrogen and oxygen atoms in total.